The number of hydrogen-bond acceptors (Lipinski definition) is 2. The van der Waals surface area contributed by atoms with Crippen LogP contribution >= 0.6 is 11.6 Å². The molecule has 1 aromatic heterocycles. The van der Waals surface area contributed by atoms with Crippen LogP contribution in [0.15, 0.2) is 30.6 Å². The lowest BCUT2D eigenvalue weighted by molar-refractivity contribution is 0.460. The van der Waals surface area contributed by atoms with Gasteiger partial charge >= 0.3 is 0 Å². The Labute approximate surface area is 122 Å². The number of aromatic nitrogens is 2. The third kappa shape index (κ3) is 2.66. The number of hydrogen-bond donors (Lipinski definition) is 1. The van der Waals surface area contributed by atoms with Gasteiger partial charge in [-0.25, -0.2) is 9.37 Å². The minimum absolute atomic E-state index is 0.125. The Balaban J connectivity index is 1.87. The molecule has 0 atom stereocenters. The maximum absolute atomic E-state index is 14.1. The Morgan fingerprint density at radius 2 is 2.05 bits per heavy atom. The minimum Gasteiger partial charge on any atom is -0.353 e. The highest BCUT2D eigenvalue weighted by Gasteiger charge is 2.17. The van der Waals surface area contributed by atoms with E-state index in [4.69, 9.17) is 11.6 Å². The average Bonchev–Trinajstić information content (AvgIpc) is 2.91. The Bertz CT molecular complexity index is 591. The number of anilines is 1. The van der Waals surface area contributed by atoms with Crippen LogP contribution in [-0.4, -0.2) is 15.6 Å². The maximum Gasteiger partial charge on any atom is 0.207 e. The third-order valence-electron chi connectivity index (χ3n) is 3.77. The van der Waals surface area contributed by atoms with Gasteiger partial charge in [-0.05, 0) is 25.0 Å². The average molecular weight is 294 g/mol. The summed E-state index contributed by atoms with van der Waals surface area (Å²) in [5.74, 6) is 0.261. The molecule has 0 amide bonds. The van der Waals surface area contributed by atoms with Gasteiger partial charge in [-0.1, -0.05) is 36.9 Å². The second-order valence-electron chi connectivity index (χ2n) is 5.17. The molecule has 3 rings (SSSR count). The van der Waals surface area contributed by atoms with Crippen molar-refractivity contribution < 1.29 is 4.39 Å². The van der Waals surface area contributed by atoms with Crippen molar-refractivity contribution in [2.75, 3.05) is 5.32 Å². The minimum atomic E-state index is -0.418. The molecule has 0 spiro atoms. The van der Waals surface area contributed by atoms with Crippen LogP contribution in [0.4, 0.5) is 10.3 Å². The molecular formula is C15H17ClFN3. The highest BCUT2D eigenvalue weighted by Crippen LogP contribution is 2.26. The summed E-state index contributed by atoms with van der Waals surface area (Å²) in [4.78, 5) is 4.30. The van der Waals surface area contributed by atoms with Gasteiger partial charge in [-0.15, -0.1) is 0 Å². The molecule has 106 valence electrons. The maximum atomic E-state index is 14.1. The van der Waals surface area contributed by atoms with Gasteiger partial charge in [0.25, 0.3) is 0 Å². The summed E-state index contributed by atoms with van der Waals surface area (Å²) in [6, 6.07) is 5.41. The molecule has 1 heterocycles. The standard InChI is InChI=1S/C15H17ClFN3/c16-12-7-4-8-13(14(12)17)20-10-9-18-15(20)19-11-5-2-1-3-6-11/h4,7-11H,1-3,5-6H2,(H,18,19). The SMILES string of the molecule is Fc1c(Cl)cccc1-n1ccnc1NC1CCCCC1. The van der Waals surface area contributed by atoms with Crippen LogP contribution in [0.2, 0.25) is 5.02 Å². The van der Waals surface area contributed by atoms with E-state index in [9.17, 15) is 4.39 Å². The van der Waals surface area contributed by atoms with E-state index in [1.807, 2.05) is 0 Å². The molecule has 5 heteroatoms. The summed E-state index contributed by atoms with van der Waals surface area (Å²) in [5, 5.41) is 3.54. The Morgan fingerprint density at radius 1 is 1.25 bits per heavy atom. The molecule has 0 bridgehead atoms. The van der Waals surface area contributed by atoms with Gasteiger partial charge < -0.3 is 5.32 Å². The molecule has 3 nitrogen and oxygen atoms in total. The monoisotopic (exact) mass is 293 g/mol. The lowest BCUT2D eigenvalue weighted by Gasteiger charge is -2.23. The molecule has 1 aliphatic carbocycles. The molecule has 2 aromatic rings. The van der Waals surface area contributed by atoms with Crippen LogP contribution in [0, 0.1) is 5.82 Å². The number of nitrogens with zero attached hydrogens (tertiary/aromatic N) is 2. The summed E-state index contributed by atoms with van der Waals surface area (Å²) >= 11 is 5.85. The largest absolute Gasteiger partial charge is 0.353 e. The van der Waals surface area contributed by atoms with Gasteiger partial charge in [-0.2, -0.15) is 0 Å². The van der Waals surface area contributed by atoms with Gasteiger partial charge in [0.15, 0.2) is 5.82 Å². The van der Waals surface area contributed by atoms with E-state index in [0.29, 0.717) is 17.7 Å². The predicted octanol–water partition coefficient (Wildman–Crippen LogP) is 4.41. The number of imidazole rings is 1. The molecule has 1 saturated carbocycles. The lowest BCUT2D eigenvalue weighted by Crippen LogP contribution is -2.24. The zero-order valence-electron chi connectivity index (χ0n) is 11.1. The Morgan fingerprint density at radius 3 is 2.85 bits per heavy atom. The van der Waals surface area contributed by atoms with E-state index < -0.39 is 5.82 Å². The van der Waals surface area contributed by atoms with Gasteiger partial charge in [0.1, 0.15) is 0 Å². The third-order valence-corrected chi connectivity index (χ3v) is 4.06. The van der Waals surface area contributed by atoms with Crippen LogP contribution < -0.4 is 5.32 Å². The molecule has 1 aromatic carbocycles. The van der Waals surface area contributed by atoms with E-state index >= 15 is 0 Å². The fraction of sp³-hybridized carbons (Fsp3) is 0.400. The fourth-order valence-electron chi connectivity index (χ4n) is 2.71. The van der Waals surface area contributed by atoms with Crippen LogP contribution in [0.25, 0.3) is 5.69 Å². The van der Waals surface area contributed by atoms with Crippen molar-refractivity contribution >= 4 is 17.5 Å². The first kappa shape index (κ1) is 13.4. The number of rotatable bonds is 3. The molecule has 0 radical (unpaired) electrons. The van der Waals surface area contributed by atoms with Crippen LogP contribution in [0.3, 0.4) is 0 Å². The highest BCUT2D eigenvalue weighted by molar-refractivity contribution is 6.30. The molecule has 1 aliphatic rings. The second kappa shape index (κ2) is 5.83. The van der Waals surface area contributed by atoms with Crippen LogP contribution in [0.5, 0.6) is 0 Å². The second-order valence-corrected chi connectivity index (χ2v) is 5.58. The first-order valence-electron chi connectivity index (χ1n) is 7.00. The van der Waals surface area contributed by atoms with Gasteiger partial charge in [0, 0.05) is 18.4 Å². The van der Waals surface area contributed by atoms with E-state index in [1.54, 1.807) is 35.2 Å². The molecular weight excluding hydrogens is 277 g/mol. The predicted molar refractivity (Wildman–Crippen MR) is 79.0 cm³/mol. The molecule has 20 heavy (non-hydrogen) atoms. The normalized spacial score (nSPS) is 16.3. The van der Waals surface area contributed by atoms with Crippen molar-refractivity contribution in [2.24, 2.45) is 0 Å². The van der Waals surface area contributed by atoms with E-state index in [1.165, 1.54) is 19.3 Å². The summed E-state index contributed by atoms with van der Waals surface area (Å²) < 4.78 is 15.8. The Hall–Kier alpha value is -1.55. The van der Waals surface area contributed by atoms with Crippen molar-refractivity contribution in [2.45, 2.75) is 38.1 Å². The van der Waals surface area contributed by atoms with E-state index in [0.717, 1.165) is 12.8 Å². The molecule has 0 aliphatic heterocycles. The molecule has 1 fully saturated rings. The summed E-state index contributed by atoms with van der Waals surface area (Å²) in [6.07, 6.45) is 9.49. The first-order valence-corrected chi connectivity index (χ1v) is 7.38. The zero-order valence-corrected chi connectivity index (χ0v) is 11.9. The highest BCUT2D eigenvalue weighted by atomic mass is 35.5. The topological polar surface area (TPSA) is 29.9 Å². The number of benzene rings is 1. The van der Waals surface area contributed by atoms with Gasteiger partial charge in [-0.3, -0.25) is 4.57 Å². The van der Waals surface area contributed by atoms with E-state index in [2.05, 4.69) is 10.3 Å². The first-order chi connectivity index (χ1) is 9.75. The molecule has 0 saturated heterocycles. The molecule has 1 N–H and O–H groups in total. The zero-order chi connectivity index (χ0) is 13.9. The number of nitrogens with one attached hydrogen (secondary N) is 1. The Kier molecular flexibility index (Phi) is 3.92. The summed E-state index contributed by atoms with van der Waals surface area (Å²) in [7, 11) is 0. The van der Waals surface area contributed by atoms with Gasteiger partial charge in [0.2, 0.25) is 5.95 Å². The van der Waals surface area contributed by atoms with E-state index in [-0.39, 0.29) is 5.02 Å². The lowest BCUT2D eigenvalue weighted by atomic mass is 9.96. The molecule has 0 unspecified atom stereocenters. The van der Waals surface area contributed by atoms with Crippen LogP contribution in [0.1, 0.15) is 32.1 Å². The van der Waals surface area contributed by atoms with Crippen molar-refractivity contribution in [3.05, 3.63) is 41.4 Å². The summed E-state index contributed by atoms with van der Waals surface area (Å²) in [5.41, 5.74) is 0.424. The van der Waals surface area contributed by atoms with Crippen molar-refractivity contribution in [3.8, 4) is 5.69 Å². The smallest absolute Gasteiger partial charge is 0.207 e. The number of halogens is 2. The summed E-state index contributed by atoms with van der Waals surface area (Å²) in [6.45, 7) is 0. The van der Waals surface area contributed by atoms with Crippen molar-refractivity contribution in [1.29, 1.82) is 0 Å². The quantitative estimate of drug-likeness (QED) is 0.908. The van der Waals surface area contributed by atoms with Crippen molar-refractivity contribution in [3.63, 3.8) is 0 Å². The van der Waals surface area contributed by atoms with Crippen molar-refractivity contribution in [1.82, 2.24) is 9.55 Å². The van der Waals surface area contributed by atoms with Crippen LogP contribution in [-0.2, 0) is 0 Å². The van der Waals surface area contributed by atoms with Gasteiger partial charge in [0.05, 0.1) is 10.7 Å². The fourth-order valence-corrected chi connectivity index (χ4v) is 2.88.